The number of benzene rings is 1. The monoisotopic (exact) mass is 305 g/mol. The molecule has 1 heterocycles. The van der Waals surface area contributed by atoms with Gasteiger partial charge in [0.1, 0.15) is 5.82 Å². The number of carbonyl (C=O) groups excluding carboxylic acids is 1. The van der Waals surface area contributed by atoms with Crippen LogP contribution in [0.4, 0.5) is 9.18 Å². The third-order valence-electron chi connectivity index (χ3n) is 4.71. The number of hydrogen-bond donors (Lipinski definition) is 1. The van der Waals surface area contributed by atoms with Crippen LogP contribution in [0, 0.1) is 11.7 Å². The molecular weight excluding hydrogens is 281 g/mol. The van der Waals surface area contributed by atoms with Gasteiger partial charge in [0.05, 0.1) is 6.04 Å². The summed E-state index contributed by atoms with van der Waals surface area (Å²) in [6.45, 7) is 2.64. The quantitative estimate of drug-likeness (QED) is 0.931. The fourth-order valence-electron chi connectivity index (χ4n) is 3.68. The number of halogens is 1. The van der Waals surface area contributed by atoms with Crippen molar-refractivity contribution in [2.45, 2.75) is 25.3 Å². The Hall–Kier alpha value is -1.62. The average Bonchev–Trinajstić information content (AvgIpc) is 3.07. The predicted octanol–water partition coefficient (Wildman–Crippen LogP) is 2.41. The van der Waals surface area contributed by atoms with Crippen LogP contribution >= 0.6 is 0 Å². The van der Waals surface area contributed by atoms with Crippen LogP contribution in [0.25, 0.3) is 0 Å². The molecule has 0 bridgehead atoms. The molecule has 0 radical (unpaired) electrons. The third kappa shape index (κ3) is 3.09. The topological polar surface area (TPSA) is 35.6 Å². The largest absolute Gasteiger partial charge is 0.331 e. The third-order valence-corrected chi connectivity index (χ3v) is 4.71. The van der Waals surface area contributed by atoms with Gasteiger partial charge in [-0.3, -0.25) is 0 Å². The Labute approximate surface area is 131 Å². The second-order valence-corrected chi connectivity index (χ2v) is 6.71. The van der Waals surface area contributed by atoms with Gasteiger partial charge in [0.25, 0.3) is 0 Å². The van der Waals surface area contributed by atoms with Gasteiger partial charge in [0.2, 0.25) is 0 Å². The molecule has 1 aliphatic heterocycles. The number of urea groups is 1. The van der Waals surface area contributed by atoms with Crippen LogP contribution < -0.4 is 5.32 Å². The van der Waals surface area contributed by atoms with E-state index in [1.54, 1.807) is 6.07 Å². The highest BCUT2D eigenvalue weighted by Gasteiger charge is 2.30. The fourth-order valence-corrected chi connectivity index (χ4v) is 3.68. The predicted molar refractivity (Wildman–Crippen MR) is 84.2 cm³/mol. The number of nitrogens with zero attached hydrogens (tertiary/aromatic N) is 2. The molecule has 2 amide bonds. The number of hydrogen-bond acceptors (Lipinski definition) is 2. The molecule has 1 fully saturated rings. The average molecular weight is 305 g/mol. The van der Waals surface area contributed by atoms with Crippen molar-refractivity contribution in [2.24, 2.45) is 5.92 Å². The van der Waals surface area contributed by atoms with E-state index < -0.39 is 0 Å². The van der Waals surface area contributed by atoms with E-state index >= 15 is 0 Å². The van der Waals surface area contributed by atoms with Gasteiger partial charge in [-0.15, -0.1) is 0 Å². The van der Waals surface area contributed by atoms with E-state index in [1.807, 2.05) is 11.0 Å². The van der Waals surface area contributed by atoms with Crippen molar-refractivity contribution in [2.75, 3.05) is 33.7 Å². The molecule has 3 rings (SSSR count). The van der Waals surface area contributed by atoms with Gasteiger partial charge in [-0.1, -0.05) is 12.1 Å². The van der Waals surface area contributed by atoms with Crippen molar-refractivity contribution in [3.8, 4) is 0 Å². The molecule has 4 nitrogen and oxygen atoms in total. The summed E-state index contributed by atoms with van der Waals surface area (Å²) in [5, 5.41) is 3.08. The maximum Gasteiger partial charge on any atom is 0.317 e. The summed E-state index contributed by atoms with van der Waals surface area (Å²) in [5.74, 6) is 0.399. The van der Waals surface area contributed by atoms with Crippen molar-refractivity contribution in [3.05, 3.63) is 35.1 Å². The molecule has 120 valence electrons. The summed E-state index contributed by atoms with van der Waals surface area (Å²) in [6.07, 6.45) is 2.55. The van der Waals surface area contributed by atoms with E-state index in [1.165, 1.54) is 6.07 Å². The highest BCUT2D eigenvalue weighted by atomic mass is 19.1. The lowest BCUT2D eigenvalue weighted by molar-refractivity contribution is 0.201. The summed E-state index contributed by atoms with van der Waals surface area (Å²) in [7, 11) is 4.12. The van der Waals surface area contributed by atoms with Crippen molar-refractivity contribution in [1.29, 1.82) is 0 Å². The molecule has 1 N–H and O–H groups in total. The lowest BCUT2D eigenvalue weighted by Crippen LogP contribution is -2.40. The number of fused-ring (bicyclic) bond motifs is 1. The summed E-state index contributed by atoms with van der Waals surface area (Å²) in [6, 6.07) is 5.08. The molecular formula is C17H24FN3O. The van der Waals surface area contributed by atoms with Crippen LogP contribution in [0.1, 0.15) is 30.0 Å². The van der Waals surface area contributed by atoms with Gasteiger partial charge >= 0.3 is 6.03 Å². The lowest BCUT2D eigenvalue weighted by Gasteiger charge is -2.22. The Bertz CT molecular complexity index is 561. The molecule has 1 aliphatic carbocycles. The first-order valence-electron chi connectivity index (χ1n) is 8.02. The number of nitrogens with one attached hydrogen (secondary N) is 1. The molecule has 1 aromatic rings. The first kappa shape index (κ1) is 15.3. The molecule has 0 saturated carbocycles. The van der Waals surface area contributed by atoms with Gasteiger partial charge in [0, 0.05) is 19.6 Å². The van der Waals surface area contributed by atoms with Crippen LogP contribution in [0.3, 0.4) is 0 Å². The molecule has 2 aliphatic rings. The lowest BCUT2D eigenvalue weighted by atomic mass is 10.1. The molecule has 5 heteroatoms. The molecule has 0 spiro atoms. The normalized spacial score (nSPS) is 23.9. The van der Waals surface area contributed by atoms with Crippen LogP contribution in [0.5, 0.6) is 0 Å². The second-order valence-electron chi connectivity index (χ2n) is 6.71. The Balaban J connectivity index is 1.59. The summed E-state index contributed by atoms with van der Waals surface area (Å²) in [5.41, 5.74) is 1.71. The van der Waals surface area contributed by atoms with Gasteiger partial charge in [0.15, 0.2) is 0 Å². The molecule has 0 aromatic heterocycles. The standard InChI is InChI=1S/C17H24FN3O/c1-20(2)10-12-8-9-21(11-12)17(22)19-16-7-6-13-14(16)4-3-5-15(13)18/h3-5,12,16H,6-11H2,1-2H3,(H,19,22)/t12-,16-/m1/s1. The minimum atomic E-state index is -0.151. The Morgan fingerprint density at radius 2 is 2.23 bits per heavy atom. The highest BCUT2D eigenvalue weighted by molar-refractivity contribution is 5.75. The zero-order valence-electron chi connectivity index (χ0n) is 13.3. The number of likely N-dealkylation sites (tertiary alicyclic amines) is 1. The van der Waals surface area contributed by atoms with E-state index in [0.717, 1.165) is 43.6 Å². The molecule has 2 atom stereocenters. The first-order valence-corrected chi connectivity index (χ1v) is 8.02. The summed E-state index contributed by atoms with van der Waals surface area (Å²) >= 11 is 0. The SMILES string of the molecule is CN(C)C[C@H]1CCN(C(=O)N[C@@H]2CCc3c(F)cccc32)C1. The summed E-state index contributed by atoms with van der Waals surface area (Å²) in [4.78, 5) is 16.5. The van der Waals surface area contributed by atoms with Crippen molar-refractivity contribution in [3.63, 3.8) is 0 Å². The Morgan fingerprint density at radius 3 is 3.00 bits per heavy atom. The zero-order valence-corrected chi connectivity index (χ0v) is 13.3. The first-order chi connectivity index (χ1) is 10.5. The smallest absolute Gasteiger partial charge is 0.317 e. The number of rotatable bonds is 3. The maximum absolute atomic E-state index is 13.7. The van der Waals surface area contributed by atoms with Crippen molar-refractivity contribution in [1.82, 2.24) is 15.1 Å². The van der Waals surface area contributed by atoms with Gasteiger partial charge in [-0.05, 0) is 56.5 Å². The van der Waals surface area contributed by atoms with Crippen molar-refractivity contribution < 1.29 is 9.18 Å². The second kappa shape index (κ2) is 6.24. The minimum absolute atomic E-state index is 0.0108. The minimum Gasteiger partial charge on any atom is -0.331 e. The Kier molecular flexibility index (Phi) is 4.34. The number of carbonyl (C=O) groups is 1. The van der Waals surface area contributed by atoms with Crippen LogP contribution in [-0.2, 0) is 6.42 Å². The van der Waals surface area contributed by atoms with E-state index in [0.29, 0.717) is 12.3 Å². The fraction of sp³-hybridized carbons (Fsp3) is 0.588. The van der Waals surface area contributed by atoms with Gasteiger partial charge in [-0.2, -0.15) is 0 Å². The van der Waals surface area contributed by atoms with Crippen LogP contribution in [0.15, 0.2) is 18.2 Å². The van der Waals surface area contributed by atoms with Gasteiger partial charge in [-0.25, -0.2) is 9.18 Å². The van der Waals surface area contributed by atoms with Crippen LogP contribution in [-0.4, -0.2) is 49.6 Å². The van der Waals surface area contributed by atoms with E-state index in [2.05, 4.69) is 24.3 Å². The van der Waals surface area contributed by atoms with Gasteiger partial charge < -0.3 is 15.1 Å². The zero-order chi connectivity index (χ0) is 15.7. The highest BCUT2D eigenvalue weighted by Crippen LogP contribution is 2.33. The molecule has 22 heavy (non-hydrogen) atoms. The number of amides is 2. The van der Waals surface area contributed by atoms with E-state index in [9.17, 15) is 9.18 Å². The molecule has 1 aromatic carbocycles. The summed E-state index contributed by atoms with van der Waals surface area (Å²) < 4.78 is 13.7. The van der Waals surface area contributed by atoms with E-state index in [4.69, 9.17) is 0 Å². The van der Waals surface area contributed by atoms with E-state index in [-0.39, 0.29) is 17.9 Å². The molecule has 0 unspecified atom stereocenters. The maximum atomic E-state index is 13.7. The van der Waals surface area contributed by atoms with Crippen molar-refractivity contribution >= 4 is 6.03 Å². The Morgan fingerprint density at radius 1 is 1.41 bits per heavy atom. The molecule has 1 saturated heterocycles. The van der Waals surface area contributed by atoms with Crippen LogP contribution in [0.2, 0.25) is 0 Å².